The van der Waals surface area contributed by atoms with Crippen LogP contribution in [-0.4, -0.2) is 69.0 Å². The molecule has 0 spiro atoms. The number of methoxy groups -OCH3 is 1. The van der Waals surface area contributed by atoms with Crippen LogP contribution in [0.1, 0.15) is 13.8 Å². The Morgan fingerprint density at radius 3 is 2.25 bits per heavy atom. The largest absolute Gasteiger partial charge is 0.497 e. The summed E-state index contributed by atoms with van der Waals surface area (Å²) in [5.74, 6) is 0.574. The van der Waals surface area contributed by atoms with E-state index in [0.29, 0.717) is 12.3 Å². The van der Waals surface area contributed by atoms with Gasteiger partial charge in [0.25, 0.3) is 0 Å². The molecule has 2 rings (SSSR count). The summed E-state index contributed by atoms with van der Waals surface area (Å²) in [5, 5.41) is 0. The molecule has 1 aliphatic rings. The second-order valence-corrected chi connectivity index (χ2v) is 8.21. The molecular weight excluding hydrogens is 330 g/mol. The van der Waals surface area contributed by atoms with Gasteiger partial charge in [-0.05, 0) is 30.2 Å². The summed E-state index contributed by atoms with van der Waals surface area (Å²) in [5.41, 5.74) is 0. The summed E-state index contributed by atoms with van der Waals surface area (Å²) in [7, 11) is 1.18. The second kappa shape index (κ2) is 6.98. The average Bonchev–Trinajstić information content (AvgIpc) is 3.00. The van der Waals surface area contributed by atoms with Crippen LogP contribution in [0.15, 0.2) is 29.2 Å². The fourth-order valence-electron chi connectivity index (χ4n) is 2.93. The van der Waals surface area contributed by atoms with E-state index >= 15 is 0 Å². The third kappa shape index (κ3) is 3.34. The lowest BCUT2D eigenvalue weighted by molar-refractivity contribution is 0.129. The Labute approximate surface area is 143 Å². The minimum atomic E-state index is -3.68. The van der Waals surface area contributed by atoms with Crippen molar-refractivity contribution in [3.8, 4) is 5.75 Å². The lowest BCUT2D eigenvalue weighted by Gasteiger charge is -2.34. The molecule has 1 aromatic rings. The van der Waals surface area contributed by atoms with Crippen molar-refractivity contribution in [2.24, 2.45) is 5.92 Å². The van der Waals surface area contributed by atoms with Gasteiger partial charge in [-0.15, -0.1) is 0 Å². The Hall–Kier alpha value is -1.80. The SMILES string of the molecule is COc1ccc(S(=O)(=O)N2CCN(C(=O)N(C)C)[C@H]2C(C)C)cc1. The van der Waals surface area contributed by atoms with Gasteiger partial charge in [-0.2, -0.15) is 4.31 Å². The first kappa shape index (κ1) is 18.5. The van der Waals surface area contributed by atoms with E-state index in [2.05, 4.69) is 0 Å². The average molecular weight is 355 g/mol. The van der Waals surface area contributed by atoms with E-state index in [-0.39, 0.29) is 23.4 Å². The summed E-state index contributed by atoms with van der Waals surface area (Å²) in [6.07, 6.45) is -0.494. The number of urea groups is 1. The zero-order valence-electron chi connectivity index (χ0n) is 14.8. The van der Waals surface area contributed by atoms with Crippen molar-refractivity contribution in [3.63, 3.8) is 0 Å². The summed E-state index contributed by atoms with van der Waals surface area (Å²) in [6.45, 7) is 4.51. The van der Waals surface area contributed by atoms with E-state index in [9.17, 15) is 13.2 Å². The predicted molar refractivity (Wildman–Crippen MR) is 91.3 cm³/mol. The molecule has 0 unspecified atom stereocenters. The highest BCUT2D eigenvalue weighted by atomic mass is 32.2. The van der Waals surface area contributed by atoms with Gasteiger partial charge in [0, 0.05) is 27.2 Å². The van der Waals surface area contributed by atoms with Gasteiger partial charge in [0.1, 0.15) is 11.9 Å². The van der Waals surface area contributed by atoms with Gasteiger partial charge in [-0.25, -0.2) is 13.2 Å². The van der Waals surface area contributed by atoms with Crippen LogP contribution in [0, 0.1) is 5.92 Å². The Morgan fingerprint density at radius 1 is 1.21 bits per heavy atom. The van der Waals surface area contributed by atoms with E-state index in [1.165, 1.54) is 28.4 Å². The zero-order chi connectivity index (χ0) is 18.1. The molecule has 24 heavy (non-hydrogen) atoms. The van der Waals surface area contributed by atoms with Crippen LogP contribution in [0.3, 0.4) is 0 Å². The summed E-state index contributed by atoms with van der Waals surface area (Å²) in [6, 6.07) is 6.12. The highest BCUT2D eigenvalue weighted by Crippen LogP contribution is 2.29. The number of carbonyl (C=O) groups is 1. The Kier molecular flexibility index (Phi) is 5.39. The molecule has 0 bridgehead atoms. The van der Waals surface area contributed by atoms with Crippen LogP contribution in [0.25, 0.3) is 0 Å². The molecule has 1 atom stereocenters. The quantitative estimate of drug-likeness (QED) is 0.824. The number of hydrogen-bond donors (Lipinski definition) is 0. The van der Waals surface area contributed by atoms with E-state index in [4.69, 9.17) is 4.74 Å². The van der Waals surface area contributed by atoms with Crippen molar-refractivity contribution in [1.82, 2.24) is 14.1 Å². The van der Waals surface area contributed by atoms with Crippen LogP contribution in [-0.2, 0) is 10.0 Å². The third-order valence-electron chi connectivity index (χ3n) is 4.07. The Morgan fingerprint density at radius 2 is 1.79 bits per heavy atom. The van der Waals surface area contributed by atoms with Crippen LogP contribution < -0.4 is 4.74 Å². The van der Waals surface area contributed by atoms with Crippen LogP contribution in [0.4, 0.5) is 4.79 Å². The minimum absolute atomic E-state index is 0.0237. The molecule has 8 heteroatoms. The maximum Gasteiger partial charge on any atom is 0.320 e. The first-order valence-corrected chi connectivity index (χ1v) is 9.28. The lowest BCUT2D eigenvalue weighted by Crippen LogP contribution is -2.50. The standard InChI is InChI=1S/C16H25N3O4S/c1-12(2)15-18(16(20)17(3)4)10-11-19(15)24(21,22)14-8-6-13(23-5)7-9-14/h6-9,12,15H,10-11H2,1-5H3/t15-/m1/s1. The molecule has 1 heterocycles. The van der Waals surface area contributed by atoms with Gasteiger partial charge in [-0.1, -0.05) is 13.8 Å². The number of hydrogen-bond acceptors (Lipinski definition) is 4. The Balaban J connectivity index is 2.36. The van der Waals surface area contributed by atoms with Gasteiger partial charge in [0.2, 0.25) is 10.0 Å². The zero-order valence-corrected chi connectivity index (χ0v) is 15.6. The van der Waals surface area contributed by atoms with Crippen LogP contribution >= 0.6 is 0 Å². The van der Waals surface area contributed by atoms with Gasteiger partial charge in [0.15, 0.2) is 0 Å². The van der Waals surface area contributed by atoms with E-state index in [1.807, 2.05) is 13.8 Å². The molecular formula is C16H25N3O4S. The summed E-state index contributed by atoms with van der Waals surface area (Å²) in [4.78, 5) is 15.7. The number of sulfonamides is 1. The monoisotopic (exact) mass is 355 g/mol. The van der Waals surface area contributed by atoms with E-state index < -0.39 is 16.2 Å². The summed E-state index contributed by atoms with van der Waals surface area (Å²) < 4.78 is 32.5. The fourth-order valence-corrected chi connectivity index (χ4v) is 4.64. The number of rotatable bonds is 4. The van der Waals surface area contributed by atoms with E-state index in [1.54, 1.807) is 31.1 Å². The van der Waals surface area contributed by atoms with Gasteiger partial charge < -0.3 is 14.5 Å². The van der Waals surface area contributed by atoms with Gasteiger partial charge in [0.05, 0.1) is 12.0 Å². The predicted octanol–water partition coefficient (Wildman–Crippen LogP) is 1.67. The first-order valence-electron chi connectivity index (χ1n) is 7.84. The van der Waals surface area contributed by atoms with Crippen molar-refractivity contribution in [1.29, 1.82) is 0 Å². The topological polar surface area (TPSA) is 70.2 Å². The molecule has 1 aliphatic heterocycles. The second-order valence-electron chi connectivity index (χ2n) is 6.32. The molecule has 0 aromatic heterocycles. The number of carbonyl (C=O) groups excluding carboxylic acids is 1. The molecule has 1 fully saturated rings. The van der Waals surface area contributed by atoms with Crippen LogP contribution in [0.2, 0.25) is 0 Å². The minimum Gasteiger partial charge on any atom is -0.497 e. The molecule has 0 saturated carbocycles. The number of amides is 2. The van der Waals surface area contributed by atoms with Crippen molar-refractivity contribution >= 4 is 16.1 Å². The van der Waals surface area contributed by atoms with E-state index in [0.717, 1.165) is 0 Å². The number of nitrogens with zero attached hydrogens (tertiary/aromatic N) is 3. The highest BCUT2D eigenvalue weighted by molar-refractivity contribution is 7.89. The fraction of sp³-hybridized carbons (Fsp3) is 0.562. The van der Waals surface area contributed by atoms with Gasteiger partial charge in [-0.3, -0.25) is 0 Å². The normalized spacial score (nSPS) is 18.9. The Bertz CT molecular complexity index is 686. The molecule has 1 aromatic carbocycles. The molecule has 0 N–H and O–H groups in total. The number of ether oxygens (including phenoxy) is 1. The van der Waals surface area contributed by atoms with Crippen molar-refractivity contribution in [2.45, 2.75) is 24.9 Å². The molecule has 0 radical (unpaired) electrons. The van der Waals surface area contributed by atoms with Crippen molar-refractivity contribution < 1.29 is 17.9 Å². The van der Waals surface area contributed by atoms with Crippen LogP contribution in [0.5, 0.6) is 5.75 Å². The summed E-state index contributed by atoms with van der Waals surface area (Å²) >= 11 is 0. The number of benzene rings is 1. The maximum atomic E-state index is 13.0. The van der Waals surface area contributed by atoms with Crippen molar-refractivity contribution in [3.05, 3.63) is 24.3 Å². The lowest BCUT2D eigenvalue weighted by atomic mass is 10.1. The first-order chi connectivity index (χ1) is 11.2. The third-order valence-corrected chi connectivity index (χ3v) is 5.95. The maximum absolute atomic E-state index is 13.0. The molecule has 7 nitrogen and oxygen atoms in total. The molecule has 1 saturated heterocycles. The molecule has 134 valence electrons. The highest BCUT2D eigenvalue weighted by Gasteiger charge is 2.44. The molecule has 0 aliphatic carbocycles. The molecule has 2 amide bonds. The smallest absolute Gasteiger partial charge is 0.320 e. The van der Waals surface area contributed by atoms with Gasteiger partial charge >= 0.3 is 6.03 Å². The van der Waals surface area contributed by atoms with Crippen molar-refractivity contribution in [2.75, 3.05) is 34.3 Å².